The smallest absolute Gasteiger partial charge is 0.253 e. The van der Waals surface area contributed by atoms with Crippen LogP contribution in [-0.2, 0) is 4.79 Å². The van der Waals surface area contributed by atoms with Crippen LogP contribution in [0.5, 0.6) is 0 Å². The van der Waals surface area contributed by atoms with Crippen LogP contribution in [0.4, 0.5) is 5.69 Å². The summed E-state index contributed by atoms with van der Waals surface area (Å²) in [5.74, 6) is 0.462. The lowest BCUT2D eigenvalue weighted by Crippen LogP contribution is -2.46. The van der Waals surface area contributed by atoms with Crippen LogP contribution in [0, 0.1) is 5.92 Å². The Morgan fingerprint density at radius 3 is 2.28 bits per heavy atom. The fraction of sp³-hybridized carbons (Fsp3) is 0.481. The van der Waals surface area contributed by atoms with Gasteiger partial charge in [0.1, 0.15) is 0 Å². The number of nitrogens with zero attached hydrogens (tertiary/aromatic N) is 1. The molecule has 1 heterocycles. The predicted octanol–water partition coefficient (Wildman–Crippen LogP) is 4.74. The highest BCUT2D eigenvalue weighted by molar-refractivity contribution is 5.99. The Hall–Kier alpha value is -2.82. The first-order valence-electron chi connectivity index (χ1n) is 12.0. The van der Waals surface area contributed by atoms with E-state index in [0.717, 1.165) is 55.6 Å². The van der Waals surface area contributed by atoms with Crippen LogP contribution in [0.1, 0.15) is 68.3 Å². The highest BCUT2D eigenvalue weighted by Gasteiger charge is 2.26. The van der Waals surface area contributed by atoms with Gasteiger partial charge in [0.05, 0.1) is 11.5 Å². The molecule has 0 bridgehead atoms. The van der Waals surface area contributed by atoms with E-state index in [1.807, 2.05) is 54.6 Å². The Morgan fingerprint density at radius 2 is 1.62 bits per heavy atom. The second kappa shape index (κ2) is 11.7. The largest absolute Gasteiger partial charge is 0.371 e. The summed E-state index contributed by atoms with van der Waals surface area (Å²) >= 11 is 0. The zero-order chi connectivity index (χ0) is 22.9. The van der Waals surface area contributed by atoms with Gasteiger partial charge in [0.2, 0.25) is 5.91 Å². The number of piperidine rings is 1. The third-order valence-corrected chi connectivity index (χ3v) is 6.57. The molecule has 0 radical (unpaired) electrons. The third-order valence-electron chi connectivity index (χ3n) is 6.57. The maximum atomic E-state index is 12.9. The molecule has 1 saturated heterocycles. The molecule has 0 saturated carbocycles. The number of anilines is 1. The third kappa shape index (κ3) is 6.12. The molecule has 2 aromatic carbocycles. The zero-order valence-corrected chi connectivity index (χ0v) is 19.6. The Bertz CT molecular complexity index is 875. The number of carbonyl (C=O) groups is 2. The van der Waals surface area contributed by atoms with Crippen molar-refractivity contribution in [1.29, 1.82) is 0 Å². The van der Waals surface area contributed by atoms with Gasteiger partial charge in [-0.3, -0.25) is 9.59 Å². The Labute approximate surface area is 192 Å². The molecule has 3 rings (SSSR count). The van der Waals surface area contributed by atoms with Gasteiger partial charge in [0, 0.05) is 31.4 Å². The van der Waals surface area contributed by atoms with Crippen molar-refractivity contribution in [2.75, 3.05) is 24.5 Å². The van der Waals surface area contributed by atoms with Gasteiger partial charge >= 0.3 is 0 Å². The predicted molar refractivity (Wildman–Crippen MR) is 131 cm³/mol. The maximum absolute atomic E-state index is 12.9. The maximum Gasteiger partial charge on any atom is 0.253 e. The lowest BCUT2D eigenvalue weighted by molar-refractivity contribution is -0.123. The van der Waals surface area contributed by atoms with Crippen molar-refractivity contribution >= 4 is 17.5 Å². The summed E-state index contributed by atoms with van der Waals surface area (Å²) in [5.41, 5.74) is 2.78. The number of nitrogens with one attached hydrogen (secondary N) is 2. The SMILES string of the molecule is CC[C@@H](C)CNC(=O)c1ccccc1N1CCC(NC(=O)[C@H](CC)c2ccccc2)CC1. The average Bonchev–Trinajstić information content (AvgIpc) is 2.84. The molecule has 172 valence electrons. The van der Waals surface area contributed by atoms with E-state index in [2.05, 4.69) is 36.3 Å². The summed E-state index contributed by atoms with van der Waals surface area (Å²) in [6, 6.07) is 18.0. The molecule has 0 unspecified atom stereocenters. The van der Waals surface area contributed by atoms with Gasteiger partial charge in [0.25, 0.3) is 5.91 Å². The van der Waals surface area contributed by atoms with Crippen LogP contribution >= 0.6 is 0 Å². The van der Waals surface area contributed by atoms with E-state index in [4.69, 9.17) is 0 Å². The summed E-state index contributed by atoms with van der Waals surface area (Å²) in [4.78, 5) is 28.0. The number of para-hydroxylation sites is 1. The van der Waals surface area contributed by atoms with Crippen LogP contribution in [0.25, 0.3) is 0 Å². The summed E-state index contributed by atoms with van der Waals surface area (Å²) in [5, 5.41) is 6.35. The van der Waals surface area contributed by atoms with Gasteiger partial charge in [-0.1, -0.05) is 69.7 Å². The van der Waals surface area contributed by atoms with Crippen molar-refractivity contribution in [2.24, 2.45) is 5.92 Å². The first kappa shape index (κ1) is 23.8. The van der Waals surface area contributed by atoms with E-state index in [0.29, 0.717) is 12.5 Å². The first-order valence-corrected chi connectivity index (χ1v) is 12.0. The molecule has 1 fully saturated rings. The van der Waals surface area contributed by atoms with Crippen LogP contribution in [-0.4, -0.2) is 37.5 Å². The van der Waals surface area contributed by atoms with E-state index < -0.39 is 0 Å². The van der Waals surface area contributed by atoms with E-state index in [9.17, 15) is 9.59 Å². The fourth-order valence-corrected chi connectivity index (χ4v) is 4.27. The molecule has 32 heavy (non-hydrogen) atoms. The molecule has 2 amide bonds. The molecule has 0 spiro atoms. The van der Waals surface area contributed by atoms with E-state index in [1.54, 1.807) is 0 Å². The standard InChI is InChI=1S/C27H37N3O2/c1-4-20(3)19-28-26(31)24-13-9-10-14-25(24)30-17-15-22(16-18-30)29-27(32)23(5-2)21-11-7-6-8-12-21/h6-14,20,22-23H,4-5,15-19H2,1-3H3,(H,28,31)(H,29,32)/t20-,23-/m1/s1. The van der Waals surface area contributed by atoms with Crippen LogP contribution < -0.4 is 15.5 Å². The van der Waals surface area contributed by atoms with Gasteiger partial charge in [-0.15, -0.1) is 0 Å². The van der Waals surface area contributed by atoms with Crippen LogP contribution in [0.15, 0.2) is 54.6 Å². The number of hydrogen-bond acceptors (Lipinski definition) is 3. The Morgan fingerprint density at radius 1 is 0.969 bits per heavy atom. The van der Waals surface area contributed by atoms with E-state index >= 15 is 0 Å². The Kier molecular flexibility index (Phi) is 8.72. The second-order valence-electron chi connectivity index (χ2n) is 8.88. The number of rotatable bonds is 9. The molecule has 2 atom stereocenters. The van der Waals surface area contributed by atoms with Crippen LogP contribution in [0.2, 0.25) is 0 Å². The second-order valence-corrected chi connectivity index (χ2v) is 8.88. The van der Waals surface area contributed by atoms with Crippen molar-refractivity contribution in [3.05, 3.63) is 65.7 Å². The van der Waals surface area contributed by atoms with Crippen molar-refractivity contribution in [2.45, 2.75) is 58.4 Å². The molecule has 5 nitrogen and oxygen atoms in total. The number of carbonyl (C=O) groups excluding carboxylic acids is 2. The normalized spacial score (nSPS) is 16.3. The molecule has 0 aliphatic carbocycles. The van der Waals surface area contributed by atoms with Gasteiger partial charge < -0.3 is 15.5 Å². The summed E-state index contributed by atoms with van der Waals surface area (Å²) in [6.45, 7) is 8.68. The first-order chi connectivity index (χ1) is 15.5. The fourth-order valence-electron chi connectivity index (χ4n) is 4.27. The lowest BCUT2D eigenvalue weighted by atomic mass is 9.94. The van der Waals surface area contributed by atoms with Crippen molar-refractivity contribution < 1.29 is 9.59 Å². The number of benzene rings is 2. The number of hydrogen-bond donors (Lipinski definition) is 2. The molecule has 2 aromatic rings. The lowest BCUT2D eigenvalue weighted by Gasteiger charge is -2.35. The zero-order valence-electron chi connectivity index (χ0n) is 19.6. The Balaban J connectivity index is 1.58. The summed E-state index contributed by atoms with van der Waals surface area (Å²) in [6.07, 6.45) is 3.58. The van der Waals surface area contributed by atoms with E-state index in [1.165, 1.54) is 0 Å². The molecule has 1 aliphatic heterocycles. The van der Waals surface area contributed by atoms with E-state index in [-0.39, 0.29) is 23.8 Å². The van der Waals surface area contributed by atoms with Crippen molar-refractivity contribution in [3.8, 4) is 0 Å². The topological polar surface area (TPSA) is 61.4 Å². The molecular formula is C27H37N3O2. The molecular weight excluding hydrogens is 398 g/mol. The molecule has 0 aromatic heterocycles. The number of amides is 2. The van der Waals surface area contributed by atoms with Gasteiger partial charge in [-0.05, 0) is 42.9 Å². The summed E-state index contributed by atoms with van der Waals surface area (Å²) < 4.78 is 0. The highest BCUT2D eigenvalue weighted by atomic mass is 16.2. The highest BCUT2D eigenvalue weighted by Crippen LogP contribution is 2.25. The van der Waals surface area contributed by atoms with Gasteiger partial charge in [-0.2, -0.15) is 0 Å². The molecule has 1 aliphatic rings. The van der Waals surface area contributed by atoms with Gasteiger partial charge in [-0.25, -0.2) is 0 Å². The molecule has 2 N–H and O–H groups in total. The minimum absolute atomic E-state index is 0.00928. The summed E-state index contributed by atoms with van der Waals surface area (Å²) in [7, 11) is 0. The monoisotopic (exact) mass is 435 g/mol. The minimum atomic E-state index is -0.107. The minimum Gasteiger partial charge on any atom is -0.371 e. The van der Waals surface area contributed by atoms with Gasteiger partial charge in [0.15, 0.2) is 0 Å². The molecule has 5 heteroatoms. The average molecular weight is 436 g/mol. The van der Waals surface area contributed by atoms with Crippen molar-refractivity contribution in [1.82, 2.24) is 10.6 Å². The van der Waals surface area contributed by atoms with Crippen LogP contribution in [0.3, 0.4) is 0 Å². The quantitative estimate of drug-likeness (QED) is 0.598. The van der Waals surface area contributed by atoms with Crippen molar-refractivity contribution in [3.63, 3.8) is 0 Å².